The molecule has 0 radical (unpaired) electrons. The number of aromatic nitrogens is 1. The third-order valence-corrected chi connectivity index (χ3v) is 2.71. The molecular formula is C10H7ClFNO. The Bertz CT molecular complexity index is 518. The molecule has 2 aromatic rings. The van der Waals surface area contributed by atoms with Crippen molar-refractivity contribution >= 4 is 28.8 Å². The van der Waals surface area contributed by atoms with Gasteiger partial charge in [0.15, 0.2) is 6.29 Å². The van der Waals surface area contributed by atoms with Gasteiger partial charge in [0.2, 0.25) is 0 Å². The van der Waals surface area contributed by atoms with Crippen LogP contribution in [0.1, 0.15) is 10.4 Å². The lowest BCUT2D eigenvalue weighted by Crippen LogP contribution is -1.86. The summed E-state index contributed by atoms with van der Waals surface area (Å²) in [7, 11) is 1.69. The van der Waals surface area contributed by atoms with E-state index in [1.54, 1.807) is 23.7 Å². The van der Waals surface area contributed by atoms with Gasteiger partial charge in [-0.25, -0.2) is 4.39 Å². The van der Waals surface area contributed by atoms with E-state index in [0.717, 1.165) is 0 Å². The second-order valence-corrected chi connectivity index (χ2v) is 3.37. The highest BCUT2D eigenvalue weighted by Gasteiger charge is 2.15. The lowest BCUT2D eigenvalue weighted by molar-refractivity contribution is 0.112. The summed E-state index contributed by atoms with van der Waals surface area (Å²) in [4.78, 5) is 10.7. The maximum absolute atomic E-state index is 13.4. The van der Waals surface area contributed by atoms with E-state index in [9.17, 15) is 9.18 Å². The number of carbonyl (C=O) groups is 1. The standard InChI is InChI=1S/C10H7ClFNO/c1-13-8-4-2-3-7(12)9(8)6(5-14)10(13)11/h2-5H,1H3. The van der Waals surface area contributed by atoms with Crippen molar-refractivity contribution in [2.45, 2.75) is 0 Å². The summed E-state index contributed by atoms with van der Waals surface area (Å²) < 4.78 is 15.0. The summed E-state index contributed by atoms with van der Waals surface area (Å²) in [6, 6.07) is 4.62. The van der Waals surface area contributed by atoms with Crippen LogP contribution < -0.4 is 0 Å². The number of carbonyl (C=O) groups excluding carboxylic acids is 1. The molecule has 0 aliphatic rings. The van der Waals surface area contributed by atoms with Gasteiger partial charge in [-0.1, -0.05) is 17.7 Å². The zero-order valence-electron chi connectivity index (χ0n) is 7.42. The van der Waals surface area contributed by atoms with E-state index in [4.69, 9.17) is 11.6 Å². The molecule has 0 saturated heterocycles. The summed E-state index contributed by atoms with van der Waals surface area (Å²) in [6.45, 7) is 0. The first kappa shape index (κ1) is 9.21. The minimum absolute atomic E-state index is 0.210. The van der Waals surface area contributed by atoms with Crippen LogP contribution in [0.2, 0.25) is 5.15 Å². The second kappa shape index (κ2) is 3.10. The Morgan fingerprint density at radius 1 is 1.50 bits per heavy atom. The number of rotatable bonds is 1. The fourth-order valence-electron chi connectivity index (χ4n) is 1.56. The van der Waals surface area contributed by atoms with Crippen LogP contribution in [0, 0.1) is 5.82 Å². The van der Waals surface area contributed by atoms with Crippen molar-refractivity contribution in [3.63, 3.8) is 0 Å². The predicted octanol–water partition coefficient (Wildman–Crippen LogP) is 2.78. The molecule has 1 aromatic heterocycles. The molecule has 0 spiro atoms. The van der Waals surface area contributed by atoms with Crippen molar-refractivity contribution in [3.05, 3.63) is 34.7 Å². The SMILES string of the molecule is Cn1c(Cl)c(C=O)c2c(F)cccc21. The van der Waals surface area contributed by atoms with Gasteiger partial charge in [0.25, 0.3) is 0 Å². The summed E-state index contributed by atoms with van der Waals surface area (Å²) in [5, 5.41) is 0.551. The van der Waals surface area contributed by atoms with Crippen LogP contribution in [0.4, 0.5) is 4.39 Å². The summed E-state index contributed by atoms with van der Waals surface area (Å²) in [6.07, 6.45) is 0.577. The molecule has 72 valence electrons. The Hall–Kier alpha value is -1.35. The predicted molar refractivity (Wildman–Crippen MR) is 53.3 cm³/mol. The molecule has 0 amide bonds. The van der Waals surface area contributed by atoms with E-state index in [-0.39, 0.29) is 16.1 Å². The van der Waals surface area contributed by atoms with Crippen molar-refractivity contribution in [1.82, 2.24) is 4.57 Å². The highest BCUT2D eigenvalue weighted by Crippen LogP contribution is 2.29. The van der Waals surface area contributed by atoms with Crippen LogP contribution in [0.5, 0.6) is 0 Å². The minimum Gasteiger partial charge on any atom is -0.334 e. The van der Waals surface area contributed by atoms with Crippen LogP contribution in [-0.2, 0) is 7.05 Å². The topological polar surface area (TPSA) is 22.0 Å². The average molecular weight is 212 g/mol. The largest absolute Gasteiger partial charge is 0.334 e. The molecule has 2 rings (SSSR count). The van der Waals surface area contributed by atoms with Crippen molar-refractivity contribution in [3.8, 4) is 0 Å². The molecule has 0 aliphatic heterocycles. The molecule has 0 aliphatic carbocycles. The van der Waals surface area contributed by atoms with Crippen molar-refractivity contribution < 1.29 is 9.18 Å². The Morgan fingerprint density at radius 3 is 2.86 bits per heavy atom. The number of hydrogen-bond acceptors (Lipinski definition) is 1. The van der Waals surface area contributed by atoms with E-state index in [2.05, 4.69) is 0 Å². The zero-order valence-corrected chi connectivity index (χ0v) is 8.18. The van der Waals surface area contributed by atoms with Crippen molar-refractivity contribution in [2.75, 3.05) is 0 Å². The Kier molecular flexibility index (Phi) is 2.04. The van der Waals surface area contributed by atoms with Crippen molar-refractivity contribution in [2.24, 2.45) is 7.05 Å². The van der Waals surface area contributed by atoms with Crippen molar-refractivity contribution in [1.29, 1.82) is 0 Å². The van der Waals surface area contributed by atoms with Gasteiger partial charge >= 0.3 is 0 Å². The van der Waals surface area contributed by atoms with Crippen LogP contribution in [0.25, 0.3) is 10.9 Å². The van der Waals surface area contributed by atoms with E-state index in [1.807, 2.05) is 0 Å². The fraction of sp³-hybridized carbons (Fsp3) is 0.100. The summed E-state index contributed by atoms with van der Waals surface area (Å²) in [5.41, 5.74) is 0.833. The van der Waals surface area contributed by atoms with Gasteiger partial charge in [-0.3, -0.25) is 4.79 Å². The van der Waals surface area contributed by atoms with E-state index < -0.39 is 5.82 Å². The Morgan fingerprint density at radius 2 is 2.21 bits per heavy atom. The third kappa shape index (κ3) is 1.06. The molecule has 1 aromatic carbocycles. The highest BCUT2D eigenvalue weighted by atomic mass is 35.5. The lowest BCUT2D eigenvalue weighted by Gasteiger charge is -1.95. The van der Waals surface area contributed by atoms with Gasteiger partial charge in [0, 0.05) is 12.4 Å². The van der Waals surface area contributed by atoms with Crippen LogP contribution in [0.3, 0.4) is 0 Å². The number of aldehydes is 1. The van der Waals surface area contributed by atoms with Gasteiger partial charge in [-0.2, -0.15) is 0 Å². The number of aryl methyl sites for hydroxylation is 1. The monoisotopic (exact) mass is 211 g/mol. The maximum Gasteiger partial charge on any atom is 0.153 e. The average Bonchev–Trinajstić information content (AvgIpc) is 2.43. The summed E-state index contributed by atoms with van der Waals surface area (Å²) >= 11 is 5.87. The van der Waals surface area contributed by atoms with Crippen LogP contribution >= 0.6 is 11.6 Å². The molecule has 0 fully saturated rings. The molecule has 1 heterocycles. The van der Waals surface area contributed by atoms with Gasteiger partial charge in [0.1, 0.15) is 11.0 Å². The Labute approximate surface area is 84.9 Å². The number of benzene rings is 1. The molecule has 0 atom stereocenters. The normalized spacial score (nSPS) is 10.8. The number of fused-ring (bicyclic) bond motifs is 1. The molecule has 0 bridgehead atoms. The van der Waals surface area contributed by atoms with Gasteiger partial charge < -0.3 is 4.57 Å². The highest BCUT2D eigenvalue weighted by molar-refractivity contribution is 6.34. The molecule has 0 saturated carbocycles. The first-order valence-electron chi connectivity index (χ1n) is 4.04. The quantitative estimate of drug-likeness (QED) is 0.665. The molecule has 14 heavy (non-hydrogen) atoms. The molecular weight excluding hydrogens is 205 g/mol. The van der Waals surface area contributed by atoms with Gasteiger partial charge in [0.05, 0.1) is 11.1 Å². The second-order valence-electron chi connectivity index (χ2n) is 3.02. The Balaban J connectivity index is 3.03. The molecule has 0 N–H and O–H groups in total. The lowest BCUT2D eigenvalue weighted by atomic mass is 10.2. The number of nitrogens with zero attached hydrogens (tertiary/aromatic N) is 1. The van der Waals surface area contributed by atoms with Gasteiger partial charge in [-0.15, -0.1) is 0 Å². The molecule has 0 unspecified atom stereocenters. The van der Waals surface area contributed by atoms with Crippen LogP contribution in [-0.4, -0.2) is 10.9 Å². The van der Waals surface area contributed by atoms with E-state index in [1.165, 1.54) is 6.07 Å². The first-order chi connectivity index (χ1) is 6.66. The van der Waals surface area contributed by atoms with Gasteiger partial charge in [-0.05, 0) is 12.1 Å². The third-order valence-electron chi connectivity index (χ3n) is 2.26. The number of hydrogen-bond donors (Lipinski definition) is 0. The first-order valence-corrected chi connectivity index (χ1v) is 4.42. The summed E-state index contributed by atoms with van der Waals surface area (Å²) in [5.74, 6) is -0.424. The van der Waals surface area contributed by atoms with E-state index >= 15 is 0 Å². The zero-order chi connectivity index (χ0) is 10.3. The number of halogens is 2. The fourth-order valence-corrected chi connectivity index (χ4v) is 1.79. The van der Waals surface area contributed by atoms with E-state index in [0.29, 0.717) is 11.8 Å². The minimum atomic E-state index is -0.424. The molecule has 4 heteroatoms. The van der Waals surface area contributed by atoms with Crippen LogP contribution in [0.15, 0.2) is 18.2 Å². The maximum atomic E-state index is 13.4. The molecule has 2 nitrogen and oxygen atoms in total. The smallest absolute Gasteiger partial charge is 0.153 e.